The molecule has 14 heavy (non-hydrogen) atoms. The van der Waals surface area contributed by atoms with Gasteiger partial charge in [0.1, 0.15) is 0 Å². The number of carbonyl (C=O) groups is 2. The number of unbranched alkanes of at least 4 members (excludes halogenated alkanes) is 1. The van der Waals surface area contributed by atoms with Crippen LogP contribution in [0.2, 0.25) is 0 Å². The van der Waals surface area contributed by atoms with E-state index in [-0.39, 0.29) is 11.7 Å². The zero-order valence-electron chi connectivity index (χ0n) is 8.78. The van der Waals surface area contributed by atoms with Crippen molar-refractivity contribution in [1.82, 2.24) is 0 Å². The Labute approximate surface area is 90.6 Å². The molecule has 1 atom stereocenters. The summed E-state index contributed by atoms with van der Waals surface area (Å²) in [4.78, 5) is 22.2. The van der Waals surface area contributed by atoms with Gasteiger partial charge in [-0.25, -0.2) is 0 Å². The molecule has 3 nitrogen and oxygen atoms in total. The van der Waals surface area contributed by atoms with Gasteiger partial charge >= 0.3 is 11.9 Å². The van der Waals surface area contributed by atoms with Crippen molar-refractivity contribution in [3.63, 3.8) is 0 Å². The lowest BCUT2D eigenvalue weighted by Gasteiger charge is -2.11. The van der Waals surface area contributed by atoms with E-state index in [9.17, 15) is 9.59 Å². The third-order valence-corrected chi connectivity index (χ3v) is 2.33. The largest absolute Gasteiger partial charge is 0.392 e. The van der Waals surface area contributed by atoms with E-state index in [1.807, 2.05) is 6.92 Å². The van der Waals surface area contributed by atoms with E-state index >= 15 is 0 Å². The second kappa shape index (κ2) is 7.85. The van der Waals surface area contributed by atoms with E-state index in [1.165, 1.54) is 0 Å². The summed E-state index contributed by atoms with van der Waals surface area (Å²) < 4.78 is 4.60. The molecule has 0 rings (SSSR count). The third-order valence-electron chi connectivity index (χ3n) is 2.08. The predicted octanol–water partition coefficient (Wildman–Crippen LogP) is 2.20. The molecule has 0 aliphatic carbocycles. The third kappa shape index (κ3) is 5.27. The van der Waals surface area contributed by atoms with E-state index in [2.05, 4.69) is 24.3 Å². The quantitative estimate of drug-likeness (QED) is 0.422. The molecule has 0 aliphatic heterocycles. The average molecular weight is 218 g/mol. The van der Waals surface area contributed by atoms with Crippen molar-refractivity contribution in [2.45, 2.75) is 39.5 Å². The zero-order chi connectivity index (χ0) is 11.0. The van der Waals surface area contributed by atoms with Gasteiger partial charge in [-0.2, -0.15) is 12.6 Å². The average Bonchev–Trinajstić information content (AvgIpc) is 2.18. The maximum Gasteiger partial charge on any atom is 0.323 e. The summed E-state index contributed by atoms with van der Waals surface area (Å²) >= 11 is 3.73. The molecule has 0 aromatic heterocycles. The minimum atomic E-state index is -0.562. The number of ether oxygens (including phenoxy) is 1. The fourth-order valence-corrected chi connectivity index (χ4v) is 1.23. The van der Waals surface area contributed by atoms with Gasteiger partial charge in [-0.1, -0.05) is 26.7 Å². The van der Waals surface area contributed by atoms with Crippen LogP contribution in [0.4, 0.5) is 0 Å². The summed E-state index contributed by atoms with van der Waals surface area (Å²) in [5, 5.41) is 0. The van der Waals surface area contributed by atoms with Gasteiger partial charge in [-0.3, -0.25) is 9.59 Å². The van der Waals surface area contributed by atoms with Crippen molar-refractivity contribution in [3.8, 4) is 0 Å². The van der Waals surface area contributed by atoms with Crippen LogP contribution in [0, 0.1) is 5.92 Å². The van der Waals surface area contributed by atoms with Crippen molar-refractivity contribution < 1.29 is 14.3 Å². The van der Waals surface area contributed by atoms with Crippen LogP contribution < -0.4 is 0 Å². The molecule has 0 heterocycles. The van der Waals surface area contributed by atoms with Gasteiger partial charge in [-0.15, -0.1) is 0 Å². The Morgan fingerprint density at radius 3 is 2.43 bits per heavy atom. The van der Waals surface area contributed by atoms with Crippen molar-refractivity contribution in [2.75, 3.05) is 5.75 Å². The molecule has 0 bridgehead atoms. The van der Waals surface area contributed by atoms with Crippen LogP contribution in [0.15, 0.2) is 0 Å². The van der Waals surface area contributed by atoms with Crippen LogP contribution in [-0.2, 0) is 14.3 Å². The molecule has 0 saturated carbocycles. The first-order chi connectivity index (χ1) is 6.65. The lowest BCUT2D eigenvalue weighted by atomic mass is 10.00. The molecule has 0 aromatic rings. The molecule has 0 spiro atoms. The second-order valence-corrected chi connectivity index (χ2v) is 3.51. The maximum atomic E-state index is 11.4. The van der Waals surface area contributed by atoms with Gasteiger partial charge in [0.15, 0.2) is 0 Å². The Morgan fingerprint density at radius 2 is 2.00 bits per heavy atom. The summed E-state index contributed by atoms with van der Waals surface area (Å²) in [6.07, 6.45) is 3.55. The molecular formula is C10H18O3S. The molecule has 82 valence electrons. The first-order valence-corrected chi connectivity index (χ1v) is 5.64. The normalized spacial score (nSPS) is 12.2. The summed E-state index contributed by atoms with van der Waals surface area (Å²) in [6, 6.07) is 0. The first kappa shape index (κ1) is 13.5. The van der Waals surface area contributed by atoms with Gasteiger partial charge in [-0.05, 0) is 12.8 Å². The predicted molar refractivity (Wildman–Crippen MR) is 58.3 cm³/mol. The fourth-order valence-electron chi connectivity index (χ4n) is 1.17. The highest BCUT2D eigenvalue weighted by molar-refractivity contribution is 7.81. The standard InChI is InChI=1S/C10H18O3S/c1-3-5-6-8(4-2)10(12)13-9(11)7-14/h8,14H,3-7H2,1-2H3. The van der Waals surface area contributed by atoms with E-state index in [4.69, 9.17) is 0 Å². The van der Waals surface area contributed by atoms with Crippen LogP contribution in [0.25, 0.3) is 0 Å². The summed E-state index contributed by atoms with van der Waals surface area (Å²) in [5.41, 5.74) is 0. The molecule has 0 amide bonds. The molecule has 0 aromatic carbocycles. The number of esters is 2. The van der Waals surface area contributed by atoms with Crippen molar-refractivity contribution >= 4 is 24.6 Å². The summed E-state index contributed by atoms with van der Waals surface area (Å²) in [7, 11) is 0. The van der Waals surface area contributed by atoms with Gasteiger partial charge in [0.25, 0.3) is 0 Å². The van der Waals surface area contributed by atoms with E-state index in [0.717, 1.165) is 25.7 Å². The molecule has 0 N–H and O–H groups in total. The number of hydrogen-bond donors (Lipinski definition) is 1. The monoisotopic (exact) mass is 218 g/mol. The van der Waals surface area contributed by atoms with Gasteiger partial charge < -0.3 is 4.74 Å². The molecule has 0 saturated heterocycles. The Hall–Kier alpha value is -0.510. The molecular weight excluding hydrogens is 200 g/mol. The molecule has 0 fully saturated rings. The SMILES string of the molecule is CCCCC(CC)C(=O)OC(=O)CS. The van der Waals surface area contributed by atoms with Crippen molar-refractivity contribution in [3.05, 3.63) is 0 Å². The Bertz CT molecular complexity index is 192. The Balaban J connectivity index is 3.97. The number of rotatable bonds is 6. The zero-order valence-corrected chi connectivity index (χ0v) is 9.68. The van der Waals surface area contributed by atoms with E-state index in [1.54, 1.807) is 0 Å². The molecule has 4 heteroatoms. The number of thiol groups is 1. The molecule has 0 radical (unpaired) electrons. The lowest BCUT2D eigenvalue weighted by Crippen LogP contribution is -2.21. The first-order valence-electron chi connectivity index (χ1n) is 5.01. The minimum absolute atomic E-state index is 0.0457. The van der Waals surface area contributed by atoms with E-state index in [0.29, 0.717) is 0 Å². The molecule has 1 unspecified atom stereocenters. The summed E-state index contributed by atoms with van der Waals surface area (Å²) in [6.45, 7) is 3.99. The topological polar surface area (TPSA) is 43.4 Å². The van der Waals surface area contributed by atoms with Crippen molar-refractivity contribution in [2.24, 2.45) is 5.92 Å². The summed E-state index contributed by atoms with van der Waals surface area (Å²) in [5.74, 6) is -1.15. The van der Waals surface area contributed by atoms with Crippen LogP contribution >= 0.6 is 12.6 Å². The van der Waals surface area contributed by atoms with Gasteiger partial charge in [0.2, 0.25) is 0 Å². The minimum Gasteiger partial charge on any atom is -0.392 e. The Kier molecular flexibility index (Phi) is 7.57. The highest BCUT2D eigenvalue weighted by atomic mass is 32.1. The highest BCUT2D eigenvalue weighted by Crippen LogP contribution is 2.14. The Morgan fingerprint density at radius 1 is 1.36 bits per heavy atom. The maximum absolute atomic E-state index is 11.4. The molecule has 0 aliphatic rings. The van der Waals surface area contributed by atoms with Crippen LogP contribution in [0.3, 0.4) is 0 Å². The van der Waals surface area contributed by atoms with Crippen LogP contribution in [0.5, 0.6) is 0 Å². The van der Waals surface area contributed by atoms with Crippen LogP contribution in [-0.4, -0.2) is 17.7 Å². The smallest absolute Gasteiger partial charge is 0.323 e. The highest BCUT2D eigenvalue weighted by Gasteiger charge is 2.19. The fraction of sp³-hybridized carbons (Fsp3) is 0.800. The van der Waals surface area contributed by atoms with Gasteiger partial charge in [0.05, 0.1) is 11.7 Å². The second-order valence-electron chi connectivity index (χ2n) is 3.20. The number of hydrogen-bond acceptors (Lipinski definition) is 4. The number of carbonyl (C=O) groups excluding carboxylic acids is 2. The lowest BCUT2D eigenvalue weighted by molar-refractivity contribution is -0.161. The van der Waals surface area contributed by atoms with Crippen molar-refractivity contribution in [1.29, 1.82) is 0 Å². The van der Waals surface area contributed by atoms with Gasteiger partial charge in [0, 0.05) is 0 Å². The van der Waals surface area contributed by atoms with Crippen LogP contribution in [0.1, 0.15) is 39.5 Å². The van der Waals surface area contributed by atoms with E-state index < -0.39 is 11.9 Å².